The highest BCUT2D eigenvalue weighted by molar-refractivity contribution is 7.10. The summed E-state index contributed by atoms with van der Waals surface area (Å²) in [5.74, 6) is -1.20. The van der Waals surface area contributed by atoms with Gasteiger partial charge >= 0.3 is 5.97 Å². The molecule has 0 aromatic carbocycles. The lowest BCUT2D eigenvalue weighted by atomic mass is 9.73. The molecule has 1 aliphatic heterocycles. The third kappa shape index (κ3) is 2.58. The largest absolute Gasteiger partial charge is 0.479 e. The van der Waals surface area contributed by atoms with E-state index in [1.807, 2.05) is 5.38 Å². The van der Waals surface area contributed by atoms with Crippen molar-refractivity contribution in [3.63, 3.8) is 0 Å². The Morgan fingerprint density at radius 2 is 2.00 bits per heavy atom. The van der Waals surface area contributed by atoms with Gasteiger partial charge in [0.25, 0.3) is 0 Å². The molecule has 21 heavy (non-hydrogen) atoms. The van der Waals surface area contributed by atoms with Gasteiger partial charge in [-0.3, -0.25) is 4.79 Å². The highest BCUT2D eigenvalue weighted by Gasteiger charge is 2.47. The lowest BCUT2D eigenvalue weighted by Gasteiger charge is -2.43. The average molecular weight is 310 g/mol. The fourth-order valence-corrected chi connectivity index (χ4v) is 3.34. The highest BCUT2D eigenvalue weighted by atomic mass is 32.1. The Morgan fingerprint density at radius 3 is 2.52 bits per heavy atom. The van der Waals surface area contributed by atoms with Crippen molar-refractivity contribution in [3.8, 4) is 0 Å². The molecule has 0 saturated heterocycles. The summed E-state index contributed by atoms with van der Waals surface area (Å²) in [6.07, 6.45) is 0.698. The fourth-order valence-electron chi connectivity index (χ4n) is 2.44. The molecule has 1 aliphatic rings. The molecule has 0 aliphatic carbocycles. The van der Waals surface area contributed by atoms with E-state index in [1.54, 1.807) is 45.1 Å². The second-order valence-electron chi connectivity index (χ2n) is 6.64. The van der Waals surface area contributed by atoms with Crippen LogP contribution in [0.5, 0.6) is 0 Å². The Bertz CT molecular complexity index is 572. The van der Waals surface area contributed by atoms with E-state index in [2.05, 4.69) is 0 Å². The molecule has 116 valence electrons. The first-order chi connectivity index (χ1) is 9.57. The number of thiophene rings is 1. The highest BCUT2D eigenvalue weighted by Crippen LogP contribution is 2.38. The van der Waals surface area contributed by atoms with Gasteiger partial charge in [-0.2, -0.15) is 0 Å². The molecule has 0 bridgehead atoms. The van der Waals surface area contributed by atoms with Crippen LogP contribution in [0.2, 0.25) is 0 Å². The first-order valence-electron chi connectivity index (χ1n) is 6.96. The van der Waals surface area contributed by atoms with Crippen LogP contribution < -0.4 is 5.73 Å². The molecule has 0 fully saturated rings. The first-order valence-corrected chi connectivity index (χ1v) is 7.84. The van der Waals surface area contributed by atoms with Gasteiger partial charge in [-0.15, -0.1) is 11.3 Å². The number of nitrogens with zero attached hydrogens (tertiary/aromatic N) is 1. The van der Waals surface area contributed by atoms with Gasteiger partial charge in [-0.25, -0.2) is 4.79 Å². The zero-order valence-corrected chi connectivity index (χ0v) is 13.7. The lowest BCUT2D eigenvalue weighted by Crippen LogP contribution is -2.58. The van der Waals surface area contributed by atoms with Crippen molar-refractivity contribution < 1.29 is 14.7 Å². The summed E-state index contributed by atoms with van der Waals surface area (Å²) < 4.78 is 0. The lowest BCUT2D eigenvalue weighted by molar-refractivity contribution is -0.157. The molecule has 6 heteroatoms. The van der Waals surface area contributed by atoms with Gasteiger partial charge in [0.05, 0.1) is 5.41 Å². The van der Waals surface area contributed by atoms with Gasteiger partial charge in [0.1, 0.15) is 0 Å². The Balaban J connectivity index is 2.40. The first kappa shape index (κ1) is 16.0. The Hall–Kier alpha value is -1.40. The van der Waals surface area contributed by atoms with E-state index < -0.39 is 23.0 Å². The SMILES string of the molecule is CC(C)(N)C(C)(C)C(=O)N1CCc2sccc2C1C(=O)O. The maximum absolute atomic E-state index is 12.9. The molecule has 3 N–H and O–H groups in total. The molecule has 1 aromatic rings. The maximum atomic E-state index is 12.9. The van der Waals surface area contributed by atoms with Crippen molar-refractivity contribution in [2.75, 3.05) is 6.54 Å². The van der Waals surface area contributed by atoms with Crippen LogP contribution in [-0.4, -0.2) is 34.0 Å². The standard InChI is InChI=1S/C15H22N2O3S/c1-14(2,15(3,4)16)13(20)17-7-5-10-9(6-8-21-10)11(17)12(18)19/h6,8,11H,5,7,16H2,1-4H3,(H,18,19). The summed E-state index contributed by atoms with van der Waals surface area (Å²) in [6, 6.07) is 0.896. The van der Waals surface area contributed by atoms with Crippen LogP contribution in [0.4, 0.5) is 0 Å². The molecular weight excluding hydrogens is 288 g/mol. The zero-order valence-electron chi connectivity index (χ0n) is 12.8. The van der Waals surface area contributed by atoms with Crippen LogP contribution in [0, 0.1) is 5.41 Å². The fraction of sp³-hybridized carbons (Fsp3) is 0.600. The van der Waals surface area contributed by atoms with Crippen molar-refractivity contribution in [1.29, 1.82) is 0 Å². The van der Waals surface area contributed by atoms with E-state index in [1.165, 1.54) is 4.90 Å². The second kappa shape index (κ2) is 5.10. The van der Waals surface area contributed by atoms with E-state index in [0.717, 1.165) is 10.4 Å². The van der Waals surface area contributed by atoms with E-state index in [9.17, 15) is 14.7 Å². The molecule has 1 atom stereocenters. The number of hydrogen-bond acceptors (Lipinski definition) is 4. The number of fused-ring (bicyclic) bond motifs is 1. The maximum Gasteiger partial charge on any atom is 0.331 e. The van der Waals surface area contributed by atoms with E-state index in [0.29, 0.717) is 13.0 Å². The second-order valence-corrected chi connectivity index (χ2v) is 7.64. The van der Waals surface area contributed by atoms with E-state index in [-0.39, 0.29) is 5.91 Å². The van der Waals surface area contributed by atoms with Gasteiger partial charge in [0.15, 0.2) is 6.04 Å². The van der Waals surface area contributed by atoms with Crippen LogP contribution in [0.25, 0.3) is 0 Å². The predicted octanol–water partition coefficient (Wildman–Crippen LogP) is 2.02. The normalized spacial score (nSPS) is 19.3. The van der Waals surface area contributed by atoms with Gasteiger partial charge in [0.2, 0.25) is 5.91 Å². The van der Waals surface area contributed by atoms with Crippen LogP contribution >= 0.6 is 11.3 Å². The summed E-state index contributed by atoms with van der Waals surface area (Å²) in [7, 11) is 0. The molecule has 2 heterocycles. The molecule has 1 unspecified atom stereocenters. The Labute approximate surface area is 128 Å². The summed E-state index contributed by atoms with van der Waals surface area (Å²) >= 11 is 1.55. The summed E-state index contributed by atoms with van der Waals surface area (Å²) in [5, 5.41) is 11.5. The number of carboxylic acids is 1. The van der Waals surface area contributed by atoms with Crippen molar-refractivity contribution in [2.24, 2.45) is 11.1 Å². The molecule has 1 amide bonds. The number of rotatable bonds is 3. The minimum Gasteiger partial charge on any atom is -0.479 e. The van der Waals surface area contributed by atoms with Gasteiger partial charge in [-0.05, 0) is 51.1 Å². The summed E-state index contributed by atoms with van der Waals surface area (Å²) in [4.78, 5) is 27.1. The van der Waals surface area contributed by atoms with Crippen molar-refractivity contribution in [2.45, 2.75) is 45.7 Å². The monoisotopic (exact) mass is 310 g/mol. The molecule has 5 nitrogen and oxygen atoms in total. The molecule has 0 spiro atoms. The minimum atomic E-state index is -0.992. The van der Waals surface area contributed by atoms with Crippen LogP contribution in [0.15, 0.2) is 11.4 Å². The third-order valence-corrected chi connectivity index (χ3v) is 5.60. The smallest absolute Gasteiger partial charge is 0.331 e. The van der Waals surface area contributed by atoms with Gasteiger partial charge in [-0.1, -0.05) is 0 Å². The van der Waals surface area contributed by atoms with Crippen LogP contribution in [0.3, 0.4) is 0 Å². The van der Waals surface area contributed by atoms with Gasteiger partial charge in [0, 0.05) is 17.0 Å². The predicted molar refractivity (Wildman–Crippen MR) is 82.2 cm³/mol. The molecule has 1 aromatic heterocycles. The number of aliphatic carboxylic acids is 1. The molecule has 0 radical (unpaired) electrons. The van der Waals surface area contributed by atoms with Crippen molar-refractivity contribution >= 4 is 23.2 Å². The topological polar surface area (TPSA) is 83.6 Å². The van der Waals surface area contributed by atoms with Crippen LogP contribution in [-0.2, 0) is 16.0 Å². The van der Waals surface area contributed by atoms with E-state index in [4.69, 9.17) is 5.73 Å². The number of nitrogens with two attached hydrogens (primary N) is 1. The van der Waals surface area contributed by atoms with Crippen LogP contribution in [0.1, 0.15) is 44.2 Å². The van der Waals surface area contributed by atoms with Crippen molar-refractivity contribution in [1.82, 2.24) is 4.90 Å². The number of carbonyl (C=O) groups is 2. The number of hydrogen-bond donors (Lipinski definition) is 2. The third-order valence-electron chi connectivity index (χ3n) is 4.61. The molecule has 0 saturated carbocycles. The van der Waals surface area contributed by atoms with E-state index >= 15 is 0 Å². The Morgan fingerprint density at radius 1 is 1.38 bits per heavy atom. The number of amides is 1. The summed E-state index contributed by atoms with van der Waals surface area (Å²) in [6.45, 7) is 7.55. The van der Waals surface area contributed by atoms with Gasteiger partial charge < -0.3 is 15.7 Å². The minimum absolute atomic E-state index is 0.209. The van der Waals surface area contributed by atoms with Crippen molar-refractivity contribution in [3.05, 3.63) is 21.9 Å². The summed E-state index contributed by atoms with van der Waals surface area (Å²) in [5.41, 5.74) is 5.29. The molecule has 2 rings (SSSR count). The average Bonchev–Trinajstić information content (AvgIpc) is 2.82. The number of carbonyl (C=O) groups excluding carboxylic acids is 1. The molecular formula is C15H22N2O3S. The quantitative estimate of drug-likeness (QED) is 0.894. The number of carboxylic acid groups (broad SMARTS) is 1. The zero-order chi connectivity index (χ0) is 16.0. The Kier molecular flexibility index (Phi) is 3.88.